The molecule has 1 heterocycles. The van der Waals surface area contributed by atoms with Crippen LogP contribution in [-0.4, -0.2) is 44.3 Å². The number of ether oxygens (including phenoxy) is 1. The highest BCUT2D eigenvalue weighted by atomic mass is 16.5. The molecular formula is C11H24N2O. The van der Waals surface area contributed by atoms with Crippen LogP contribution in [0.2, 0.25) is 0 Å². The maximum Gasteiger partial charge on any atom is 0.0593 e. The van der Waals surface area contributed by atoms with E-state index >= 15 is 0 Å². The highest BCUT2D eigenvalue weighted by Crippen LogP contribution is 2.12. The van der Waals surface area contributed by atoms with Gasteiger partial charge in [-0.15, -0.1) is 0 Å². The summed E-state index contributed by atoms with van der Waals surface area (Å²) < 4.78 is 5.63. The molecule has 1 saturated heterocycles. The third kappa shape index (κ3) is 4.40. The Balaban J connectivity index is 1.98. The monoisotopic (exact) mass is 200 g/mol. The van der Waals surface area contributed by atoms with Gasteiger partial charge in [0.25, 0.3) is 0 Å². The maximum absolute atomic E-state index is 5.63. The number of rotatable bonds is 6. The molecule has 0 atom stereocenters. The lowest BCUT2D eigenvalue weighted by Crippen LogP contribution is -2.31. The van der Waals surface area contributed by atoms with Gasteiger partial charge in [-0.05, 0) is 32.5 Å². The van der Waals surface area contributed by atoms with Crippen LogP contribution in [0, 0.1) is 5.41 Å². The second-order valence-electron chi connectivity index (χ2n) is 4.97. The molecule has 0 aromatic heterocycles. The zero-order valence-electron chi connectivity index (χ0n) is 9.59. The average Bonchev–Trinajstić information content (AvgIpc) is 2.65. The Labute approximate surface area is 87.6 Å². The first-order valence-electron chi connectivity index (χ1n) is 5.64. The van der Waals surface area contributed by atoms with E-state index in [1.54, 1.807) is 0 Å². The molecule has 3 heteroatoms. The van der Waals surface area contributed by atoms with Gasteiger partial charge in [-0.1, -0.05) is 13.8 Å². The van der Waals surface area contributed by atoms with Crippen LogP contribution in [0.4, 0.5) is 0 Å². The lowest BCUT2D eigenvalue weighted by molar-refractivity contribution is 0.0543. The van der Waals surface area contributed by atoms with Crippen LogP contribution in [0.15, 0.2) is 0 Å². The van der Waals surface area contributed by atoms with Gasteiger partial charge < -0.3 is 15.4 Å². The minimum Gasteiger partial charge on any atom is -0.380 e. The predicted octanol–water partition coefficient (Wildman–Crippen LogP) is 1.08. The van der Waals surface area contributed by atoms with E-state index in [0.717, 1.165) is 19.8 Å². The second kappa shape index (κ2) is 5.69. The Hall–Kier alpha value is -0.120. The Morgan fingerprint density at radius 2 is 1.93 bits per heavy atom. The van der Waals surface area contributed by atoms with Crippen LogP contribution in [0.5, 0.6) is 0 Å². The molecule has 1 aliphatic heterocycles. The van der Waals surface area contributed by atoms with E-state index in [4.69, 9.17) is 10.5 Å². The van der Waals surface area contributed by atoms with Gasteiger partial charge in [0.05, 0.1) is 13.2 Å². The molecule has 0 aliphatic carbocycles. The molecule has 2 N–H and O–H groups in total. The van der Waals surface area contributed by atoms with Gasteiger partial charge in [-0.2, -0.15) is 0 Å². The molecule has 84 valence electrons. The standard InChI is InChI=1S/C11H24N2O/c1-11(2,9-12)10-14-8-7-13-5-3-4-6-13/h3-10,12H2,1-2H3. The van der Waals surface area contributed by atoms with E-state index in [2.05, 4.69) is 18.7 Å². The summed E-state index contributed by atoms with van der Waals surface area (Å²) in [6.07, 6.45) is 2.71. The van der Waals surface area contributed by atoms with Gasteiger partial charge in [0.1, 0.15) is 0 Å². The second-order valence-corrected chi connectivity index (χ2v) is 4.97. The van der Waals surface area contributed by atoms with E-state index in [1.807, 2.05) is 0 Å². The average molecular weight is 200 g/mol. The summed E-state index contributed by atoms with van der Waals surface area (Å²) in [5.74, 6) is 0. The minimum absolute atomic E-state index is 0.130. The lowest BCUT2D eigenvalue weighted by atomic mass is 9.95. The van der Waals surface area contributed by atoms with Gasteiger partial charge in [0.15, 0.2) is 0 Å². The van der Waals surface area contributed by atoms with Crippen molar-refractivity contribution >= 4 is 0 Å². The summed E-state index contributed by atoms with van der Waals surface area (Å²) in [6, 6.07) is 0. The smallest absolute Gasteiger partial charge is 0.0593 e. The fourth-order valence-electron chi connectivity index (χ4n) is 1.61. The summed E-state index contributed by atoms with van der Waals surface area (Å²) in [4.78, 5) is 2.47. The quantitative estimate of drug-likeness (QED) is 0.652. The summed E-state index contributed by atoms with van der Waals surface area (Å²) in [5, 5.41) is 0. The largest absolute Gasteiger partial charge is 0.380 e. The van der Waals surface area contributed by atoms with Crippen molar-refractivity contribution in [2.24, 2.45) is 11.1 Å². The van der Waals surface area contributed by atoms with E-state index in [-0.39, 0.29) is 5.41 Å². The van der Waals surface area contributed by atoms with Crippen molar-refractivity contribution in [3.63, 3.8) is 0 Å². The van der Waals surface area contributed by atoms with E-state index in [0.29, 0.717) is 6.54 Å². The maximum atomic E-state index is 5.63. The van der Waals surface area contributed by atoms with Crippen LogP contribution in [0.3, 0.4) is 0 Å². The number of hydrogen-bond donors (Lipinski definition) is 1. The molecule has 1 aliphatic rings. The fraction of sp³-hybridized carbons (Fsp3) is 1.00. The molecule has 0 aromatic rings. The number of nitrogens with two attached hydrogens (primary N) is 1. The van der Waals surface area contributed by atoms with Crippen molar-refractivity contribution in [2.45, 2.75) is 26.7 Å². The molecule has 0 spiro atoms. The Morgan fingerprint density at radius 3 is 2.50 bits per heavy atom. The van der Waals surface area contributed by atoms with Crippen molar-refractivity contribution in [3.05, 3.63) is 0 Å². The summed E-state index contributed by atoms with van der Waals surface area (Å²) in [7, 11) is 0. The summed E-state index contributed by atoms with van der Waals surface area (Å²) >= 11 is 0. The Bertz CT molecular complexity index is 153. The third-order valence-electron chi connectivity index (χ3n) is 2.80. The molecule has 1 rings (SSSR count). The highest BCUT2D eigenvalue weighted by molar-refractivity contribution is 4.69. The number of likely N-dealkylation sites (tertiary alicyclic amines) is 1. The van der Waals surface area contributed by atoms with E-state index < -0.39 is 0 Å². The van der Waals surface area contributed by atoms with E-state index in [9.17, 15) is 0 Å². The number of hydrogen-bond acceptors (Lipinski definition) is 3. The topological polar surface area (TPSA) is 38.5 Å². The van der Waals surface area contributed by atoms with E-state index in [1.165, 1.54) is 25.9 Å². The van der Waals surface area contributed by atoms with Crippen LogP contribution in [-0.2, 0) is 4.74 Å². The Kier molecular flexibility index (Phi) is 4.85. The van der Waals surface area contributed by atoms with Crippen LogP contribution in [0.25, 0.3) is 0 Å². The Morgan fingerprint density at radius 1 is 1.29 bits per heavy atom. The molecule has 1 fully saturated rings. The van der Waals surface area contributed by atoms with Crippen molar-refractivity contribution < 1.29 is 4.74 Å². The molecule has 0 saturated carbocycles. The van der Waals surface area contributed by atoms with Gasteiger partial charge >= 0.3 is 0 Å². The van der Waals surface area contributed by atoms with Crippen LogP contribution >= 0.6 is 0 Å². The molecule has 0 radical (unpaired) electrons. The summed E-state index contributed by atoms with van der Waals surface area (Å²) in [6.45, 7) is 10.2. The van der Waals surface area contributed by atoms with Crippen molar-refractivity contribution in [1.82, 2.24) is 4.90 Å². The van der Waals surface area contributed by atoms with Crippen LogP contribution < -0.4 is 5.73 Å². The highest BCUT2D eigenvalue weighted by Gasteiger charge is 2.16. The van der Waals surface area contributed by atoms with Gasteiger partial charge in [-0.3, -0.25) is 0 Å². The summed E-state index contributed by atoms with van der Waals surface area (Å²) in [5.41, 5.74) is 5.75. The zero-order chi connectivity index (χ0) is 10.4. The minimum atomic E-state index is 0.130. The molecule has 0 unspecified atom stereocenters. The molecule has 0 aromatic carbocycles. The first-order chi connectivity index (χ1) is 6.64. The zero-order valence-corrected chi connectivity index (χ0v) is 9.59. The molecule has 14 heavy (non-hydrogen) atoms. The van der Waals surface area contributed by atoms with Crippen molar-refractivity contribution in [2.75, 3.05) is 39.4 Å². The lowest BCUT2D eigenvalue weighted by Gasteiger charge is -2.23. The first-order valence-corrected chi connectivity index (χ1v) is 5.64. The molecular weight excluding hydrogens is 176 g/mol. The van der Waals surface area contributed by atoms with Gasteiger partial charge in [-0.25, -0.2) is 0 Å². The SMILES string of the molecule is CC(C)(CN)COCCN1CCCC1. The fourth-order valence-corrected chi connectivity index (χ4v) is 1.61. The normalized spacial score (nSPS) is 19.1. The third-order valence-corrected chi connectivity index (χ3v) is 2.80. The first kappa shape index (κ1) is 12.0. The van der Waals surface area contributed by atoms with Crippen molar-refractivity contribution in [3.8, 4) is 0 Å². The predicted molar refractivity (Wildman–Crippen MR) is 59.3 cm³/mol. The van der Waals surface area contributed by atoms with Gasteiger partial charge in [0.2, 0.25) is 0 Å². The molecule has 0 amide bonds. The molecule has 0 bridgehead atoms. The number of nitrogens with zero attached hydrogens (tertiary/aromatic N) is 1. The van der Waals surface area contributed by atoms with Crippen molar-refractivity contribution in [1.29, 1.82) is 0 Å². The van der Waals surface area contributed by atoms with Crippen LogP contribution in [0.1, 0.15) is 26.7 Å². The van der Waals surface area contributed by atoms with Gasteiger partial charge in [0, 0.05) is 12.0 Å². The molecule has 3 nitrogen and oxygen atoms in total.